The fraction of sp³-hybridized carbons (Fsp3) is 0.538. The Kier molecular flexibility index (Phi) is 11.6. The van der Waals surface area contributed by atoms with Gasteiger partial charge in [-0.15, -0.1) is 0 Å². The van der Waals surface area contributed by atoms with Gasteiger partial charge in [-0.2, -0.15) is 0 Å². The van der Waals surface area contributed by atoms with Crippen LogP contribution in [0.5, 0.6) is 0 Å². The highest BCUT2D eigenvalue weighted by molar-refractivity contribution is 5.93. The van der Waals surface area contributed by atoms with Gasteiger partial charge in [-0.3, -0.25) is 9.69 Å². The molecule has 2 N–H and O–H groups in total. The van der Waals surface area contributed by atoms with Gasteiger partial charge < -0.3 is 34.5 Å². The van der Waals surface area contributed by atoms with E-state index in [0.717, 1.165) is 63.6 Å². The van der Waals surface area contributed by atoms with Crippen LogP contribution in [0.2, 0.25) is 0 Å². The van der Waals surface area contributed by atoms with Crippen LogP contribution in [0, 0.1) is 12.3 Å². The summed E-state index contributed by atoms with van der Waals surface area (Å²) in [5, 5.41) is 0. The van der Waals surface area contributed by atoms with Crippen LogP contribution in [-0.4, -0.2) is 91.6 Å². The molecular weight excluding hydrogens is 616 g/mol. The number of nitrogens with zero attached hydrogens (tertiary/aromatic N) is 5. The quantitative estimate of drug-likeness (QED) is 0.250. The molecule has 3 atom stereocenters. The smallest absolute Gasteiger partial charge is 0.406 e. The average molecular weight is 673 g/mol. The molecule has 1 aromatic heterocycles. The van der Waals surface area contributed by atoms with Crippen molar-refractivity contribution in [2.75, 3.05) is 62.7 Å². The SMILES string of the molecule is COC(CC[C@H](c1ccccc1N1CCN(Cc2cc(C(=O)N3CCN(c4ccccc4)CC3C)n(C)c2C)CC1)C(C)(C)C)OC(N)=O. The number of primary amides is 1. The summed E-state index contributed by atoms with van der Waals surface area (Å²) < 4.78 is 12.6. The number of rotatable bonds is 11. The summed E-state index contributed by atoms with van der Waals surface area (Å²) in [7, 11) is 3.56. The number of amides is 2. The van der Waals surface area contributed by atoms with Crippen molar-refractivity contribution >= 4 is 23.4 Å². The minimum atomic E-state index is -0.821. The van der Waals surface area contributed by atoms with Crippen molar-refractivity contribution in [1.82, 2.24) is 14.4 Å². The van der Waals surface area contributed by atoms with Crippen molar-refractivity contribution in [1.29, 1.82) is 0 Å². The molecule has 3 heterocycles. The first-order chi connectivity index (χ1) is 23.4. The minimum absolute atomic E-state index is 0.0177. The molecule has 2 unspecified atom stereocenters. The largest absolute Gasteiger partial charge is 0.420 e. The molecule has 0 radical (unpaired) electrons. The number of hydrogen-bond donors (Lipinski definition) is 1. The first kappa shape index (κ1) is 36.3. The Morgan fingerprint density at radius 1 is 0.918 bits per heavy atom. The van der Waals surface area contributed by atoms with Gasteiger partial charge in [0.05, 0.1) is 0 Å². The number of para-hydroxylation sites is 2. The van der Waals surface area contributed by atoms with Crippen molar-refractivity contribution in [3.63, 3.8) is 0 Å². The second kappa shape index (κ2) is 15.7. The Labute approximate surface area is 292 Å². The Bertz CT molecular complexity index is 1560. The standard InChI is InChI=1S/C39H56N6O4/c1-28-26-44(31-13-9-8-10-14-31)23-24-45(28)37(46)35-25-30(29(2)41(35)6)27-42-19-21-43(22-20-42)34-16-12-11-15-32(34)33(39(3,4)5)17-18-36(48-7)49-38(40)47/h8-16,25,28,33,36H,17-24,26-27H2,1-7H3,(H2,40,47)/t28?,33-,36?/m1/s1. The number of aromatic nitrogens is 1. The number of hydrogen-bond acceptors (Lipinski definition) is 7. The number of carbonyl (C=O) groups excluding carboxylic acids is 2. The van der Waals surface area contributed by atoms with Gasteiger partial charge in [0, 0.05) is 96.0 Å². The van der Waals surface area contributed by atoms with Crippen LogP contribution in [0.15, 0.2) is 60.7 Å². The van der Waals surface area contributed by atoms with Crippen molar-refractivity contribution in [2.24, 2.45) is 18.2 Å². The van der Waals surface area contributed by atoms with Crippen molar-refractivity contribution in [3.8, 4) is 0 Å². The molecule has 0 saturated carbocycles. The molecule has 10 heteroatoms. The zero-order valence-corrected chi connectivity index (χ0v) is 30.5. The van der Waals surface area contributed by atoms with E-state index in [0.29, 0.717) is 13.0 Å². The molecule has 0 aliphatic carbocycles. The van der Waals surface area contributed by atoms with Crippen LogP contribution < -0.4 is 15.5 Å². The number of piperazine rings is 2. The summed E-state index contributed by atoms with van der Waals surface area (Å²) in [6.45, 7) is 18.0. The van der Waals surface area contributed by atoms with Gasteiger partial charge in [-0.1, -0.05) is 57.2 Å². The minimum Gasteiger partial charge on any atom is -0.420 e. The first-order valence-electron chi connectivity index (χ1n) is 17.7. The third kappa shape index (κ3) is 8.59. The lowest BCUT2D eigenvalue weighted by atomic mass is 9.73. The molecule has 49 heavy (non-hydrogen) atoms. The average Bonchev–Trinajstić information content (AvgIpc) is 3.36. The molecule has 2 saturated heterocycles. The van der Waals surface area contributed by atoms with Gasteiger partial charge in [0.2, 0.25) is 6.29 Å². The van der Waals surface area contributed by atoms with E-state index in [1.807, 2.05) is 18.0 Å². The van der Waals surface area contributed by atoms with Crippen LogP contribution in [-0.2, 0) is 23.1 Å². The number of methoxy groups -OCH3 is 1. The van der Waals surface area contributed by atoms with E-state index < -0.39 is 12.4 Å². The van der Waals surface area contributed by atoms with E-state index in [4.69, 9.17) is 15.2 Å². The topological polar surface area (TPSA) is 96.5 Å². The predicted molar refractivity (Wildman–Crippen MR) is 196 cm³/mol. The molecule has 5 rings (SSSR count). The third-order valence-electron chi connectivity index (χ3n) is 10.5. The predicted octanol–water partition coefficient (Wildman–Crippen LogP) is 5.98. The Morgan fingerprint density at radius 3 is 2.20 bits per heavy atom. The molecular formula is C39H56N6O4. The van der Waals surface area contributed by atoms with Gasteiger partial charge >= 0.3 is 6.09 Å². The van der Waals surface area contributed by atoms with E-state index in [1.165, 1.54) is 29.6 Å². The molecule has 3 aromatic rings. The van der Waals surface area contributed by atoms with Crippen molar-refractivity contribution in [3.05, 3.63) is 83.2 Å². The summed E-state index contributed by atoms with van der Waals surface area (Å²) in [6, 6.07) is 21.4. The van der Waals surface area contributed by atoms with Gasteiger partial charge in [0.15, 0.2) is 0 Å². The molecule has 2 aliphatic rings. The van der Waals surface area contributed by atoms with Crippen LogP contribution in [0.25, 0.3) is 0 Å². The molecule has 266 valence electrons. The summed E-state index contributed by atoms with van der Waals surface area (Å²) in [5.74, 6) is 0.340. The van der Waals surface area contributed by atoms with E-state index in [-0.39, 0.29) is 23.3 Å². The maximum atomic E-state index is 13.9. The van der Waals surface area contributed by atoms with Crippen molar-refractivity contribution in [2.45, 2.75) is 72.3 Å². The first-order valence-corrected chi connectivity index (χ1v) is 17.7. The maximum absolute atomic E-state index is 13.9. The number of carbonyl (C=O) groups is 2. The summed E-state index contributed by atoms with van der Waals surface area (Å²) in [6.07, 6.45) is -0.128. The number of nitrogens with two attached hydrogens (primary N) is 1. The van der Waals surface area contributed by atoms with Gasteiger partial charge in [-0.05, 0) is 67.0 Å². The van der Waals surface area contributed by atoms with E-state index in [2.05, 4.69) is 108 Å². The highest BCUT2D eigenvalue weighted by Gasteiger charge is 2.33. The summed E-state index contributed by atoms with van der Waals surface area (Å²) in [5.41, 5.74) is 12.2. The maximum Gasteiger partial charge on any atom is 0.406 e. The second-order valence-corrected chi connectivity index (χ2v) is 14.7. The van der Waals surface area contributed by atoms with Gasteiger partial charge in [0.25, 0.3) is 5.91 Å². The second-order valence-electron chi connectivity index (χ2n) is 14.7. The lowest BCUT2D eigenvalue weighted by Crippen LogP contribution is -2.54. The molecule has 2 aromatic carbocycles. The monoisotopic (exact) mass is 672 g/mol. The Morgan fingerprint density at radius 2 is 1.57 bits per heavy atom. The van der Waals surface area contributed by atoms with E-state index in [1.54, 1.807) is 0 Å². The highest BCUT2D eigenvalue weighted by atomic mass is 16.7. The van der Waals surface area contributed by atoms with Crippen LogP contribution in [0.1, 0.15) is 73.8 Å². The summed E-state index contributed by atoms with van der Waals surface area (Å²) in [4.78, 5) is 34.7. The van der Waals surface area contributed by atoms with Gasteiger partial charge in [0.1, 0.15) is 5.69 Å². The fourth-order valence-corrected chi connectivity index (χ4v) is 7.58. The zero-order valence-electron chi connectivity index (χ0n) is 30.5. The Balaban J connectivity index is 1.22. The number of ether oxygens (including phenoxy) is 2. The highest BCUT2D eigenvalue weighted by Crippen LogP contribution is 2.43. The van der Waals surface area contributed by atoms with Crippen molar-refractivity contribution < 1.29 is 19.1 Å². The summed E-state index contributed by atoms with van der Waals surface area (Å²) >= 11 is 0. The van der Waals surface area contributed by atoms with E-state index in [9.17, 15) is 9.59 Å². The third-order valence-corrected chi connectivity index (χ3v) is 10.5. The normalized spacial score (nSPS) is 18.8. The van der Waals surface area contributed by atoms with Crippen LogP contribution >= 0.6 is 0 Å². The number of benzene rings is 2. The molecule has 0 spiro atoms. The lowest BCUT2D eigenvalue weighted by Gasteiger charge is -2.41. The van der Waals surface area contributed by atoms with E-state index >= 15 is 0 Å². The molecule has 2 aliphatic heterocycles. The molecule has 2 fully saturated rings. The molecule has 10 nitrogen and oxygen atoms in total. The molecule has 0 bridgehead atoms. The van der Waals surface area contributed by atoms with Crippen LogP contribution in [0.3, 0.4) is 0 Å². The van der Waals surface area contributed by atoms with Crippen LogP contribution in [0.4, 0.5) is 16.2 Å². The Hall–Kier alpha value is -4.02. The lowest BCUT2D eigenvalue weighted by molar-refractivity contribution is -0.0853. The number of anilines is 2. The fourth-order valence-electron chi connectivity index (χ4n) is 7.58. The van der Waals surface area contributed by atoms with Gasteiger partial charge in [-0.25, -0.2) is 4.79 Å². The molecule has 2 amide bonds. The zero-order chi connectivity index (χ0) is 35.3.